The maximum Gasteiger partial charge on any atom is 0.321 e. The molecule has 0 bridgehead atoms. The Morgan fingerprint density at radius 3 is 2.50 bits per heavy atom. The van der Waals surface area contributed by atoms with E-state index in [0.29, 0.717) is 11.5 Å². The molecule has 9 heteroatoms. The summed E-state index contributed by atoms with van der Waals surface area (Å²) in [6, 6.07) is 5.42. The number of nitrogens with one attached hydrogen (secondary N) is 1. The van der Waals surface area contributed by atoms with Crippen LogP contribution in [0.25, 0.3) is 0 Å². The lowest BCUT2D eigenvalue weighted by molar-refractivity contribution is 0.375. The lowest BCUT2D eigenvalue weighted by atomic mass is 10.2. The molecule has 0 radical (unpaired) electrons. The van der Waals surface area contributed by atoms with Crippen molar-refractivity contribution in [2.45, 2.75) is 25.3 Å². The van der Waals surface area contributed by atoms with Crippen LogP contribution in [0, 0.1) is 13.8 Å². The van der Waals surface area contributed by atoms with E-state index in [9.17, 15) is 8.42 Å². The minimum atomic E-state index is -3.67. The summed E-state index contributed by atoms with van der Waals surface area (Å²) < 4.78 is 32.6. The molecule has 0 aliphatic rings. The van der Waals surface area contributed by atoms with Gasteiger partial charge in [-0.05, 0) is 31.0 Å². The van der Waals surface area contributed by atoms with Crippen molar-refractivity contribution >= 4 is 16.0 Å². The predicted molar refractivity (Wildman–Crippen MR) is 90.6 cm³/mol. The Bertz CT molecular complexity index is 837. The summed E-state index contributed by atoms with van der Waals surface area (Å²) in [6.45, 7) is 3.54. The average Bonchev–Trinajstić information content (AvgIpc) is 2.54. The molecule has 130 valence electrons. The Labute approximate surface area is 142 Å². The third kappa shape index (κ3) is 4.18. The Morgan fingerprint density at radius 2 is 1.88 bits per heavy atom. The van der Waals surface area contributed by atoms with E-state index in [4.69, 9.17) is 4.74 Å². The largest absolute Gasteiger partial charge is 0.467 e. The Morgan fingerprint density at radius 1 is 1.17 bits per heavy atom. The van der Waals surface area contributed by atoms with Gasteiger partial charge in [0.1, 0.15) is 0 Å². The van der Waals surface area contributed by atoms with Crippen molar-refractivity contribution in [2.75, 3.05) is 26.1 Å². The standard InChI is InChI=1S/C15H21N5O3S/c1-10-6-7-11(2)12(8-10)24(21,22)16-9-13-17-14(20(3)4)19-15(18-13)23-5/h6-8,16H,9H2,1-5H3. The Balaban J connectivity index is 2.26. The predicted octanol–water partition coefficient (Wildman–Crippen LogP) is 1.04. The Hall–Kier alpha value is -2.26. The molecular formula is C15H21N5O3S. The molecule has 24 heavy (non-hydrogen) atoms. The Kier molecular flexibility index (Phi) is 5.35. The third-order valence-corrected chi connectivity index (χ3v) is 4.83. The van der Waals surface area contributed by atoms with Gasteiger partial charge in [-0.2, -0.15) is 15.0 Å². The van der Waals surface area contributed by atoms with Crippen LogP contribution >= 0.6 is 0 Å². The number of methoxy groups -OCH3 is 1. The van der Waals surface area contributed by atoms with E-state index < -0.39 is 10.0 Å². The van der Waals surface area contributed by atoms with Crippen molar-refractivity contribution in [1.29, 1.82) is 0 Å². The molecule has 2 rings (SSSR count). The number of ether oxygens (including phenoxy) is 1. The molecule has 0 unspecified atom stereocenters. The number of benzene rings is 1. The molecule has 1 aromatic heterocycles. The minimum absolute atomic E-state index is 0.0601. The minimum Gasteiger partial charge on any atom is -0.467 e. The van der Waals surface area contributed by atoms with Gasteiger partial charge in [0.2, 0.25) is 16.0 Å². The van der Waals surface area contributed by atoms with Crippen LogP contribution in [0.15, 0.2) is 23.1 Å². The van der Waals surface area contributed by atoms with Gasteiger partial charge in [-0.1, -0.05) is 12.1 Å². The number of rotatable bonds is 6. The summed E-state index contributed by atoms with van der Waals surface area (Å²) in [6.07, 6.45) is 0. The van der Waals surface area contributed by atoms with Gasteiger partial charge in [0, 0.05) is 14.1 Å². The quantitative estimate of drug-likeness (QED) is 0.830. The van der Waals surface area contributed by atoms with E-state index in [1.54, 1.807) is 38.1 Å². The molecule has 1 heterocycles. The highest BCUT2D eigenvalue weighted by Crippen LogP contribution is 2.17. The van der Waals surface area contributed by atoms with Crippen molar-refractivity contribution in [1.82, 2.24) is 19.7 Å². The van der Waals surface area contributed by atoms with E-state index in [0.717, 1.165) is 5.56 Å². The second-order valence-corrected chi connectivity index (χ2v) is 7.26. The van der Waals surface area contributed by atoms with Gasteiger partial charge in [-0.3, -0.25) is 0 Å². The molecule has 1 N–H and O–H groups in total. The molecule has 1 aromatic carbocycles. The first-order chi connectivity index (χ1) is 11.2. The lowest BCUT2D eigenvalue weighted by Gasteiger charge is -2.13. The number of hydrogen-bond acceptors (Lipinski definition) is 7. The third-order valence-electron chi connectivity index (χ3n) is 3.29. The number of sulfonamides is 1. The van der Waals surface area contributed by atoms with E-state index in [2.05, 4.69) is 19.7 Å². The number of aryl methyl sites for hydroxylation is 2. The average molecular weight is 351 g/mol. The molecule has 0 aliphatic heterocycles. The molecule has 8 nitrogen and oxygen atoms in total. The fraction of sp³-hybridized carbons (Fsp3) is 0.400. The van der Waals surface area contributed by atoms with E-state index in [-0.39, 0.29) is 23.3 Å². The molecule has 0 amide bonds. The zero-order valence-corrected chi connectivity index (χ0v) is 15.2. The fourth-order valence-corrected chi connectivity index (χ4v) is 3.30. The molecule has 0 fully saturated rings. The van der Waals surface area contributed by atoms with Crippen LogP contribution in [0.1, 0.15) is 17.0 Å². The van der Waals surface area contributed by atoms with Gasteiger partial charge >= 0.3 is 6.01 Å². The monoisotopic (exact) mass is 351 g/mol. The highest BCUT2D eigenvalue weighted by molar-refractivity contribution is 7.89. The molecule has 0 atom stereocenters. The van der Waals surface area contributed by atoms with Gasteiger partial charge in [0.15, 0.2) is 5.82 Å². The highest BCUT2D eigenvalue weighted by Gasteiger charge is 2.18. The summed E-state index contributed by atoms with van der Waals surface area (Å²) >= 11 is 0. The van der Waals surface area contributed by atoms with Crippen molar-refractivity contribution in [2.24, 2.45) is 0 Å². The zero-order valence-electron chi connectivity index (χ0n) is 14.4. The van der Waals surface area contributed by atoms with Crippen LogP contribution in [0.3, 0.4) is 0 Å². The van der Waals surface area contributed by atoms with E-state index in [1.807, 2.05) is 13.0 Å². The molecule has 0 saturated heterocycles. The van der Waals surface area contributed by atoms with Gasteiger partial charge in [0.05, 0.1) is 18.6 Å². The smallest absolute Gasteiger partial charge is 0.321 e. The van der Waals surface area contributed by atoms with Gasteiger partial charge < -0.3 is 9.64 Å². The summed E-state index contributed by atoms with van der Waals surface area (Å²) in [5.74, 6) is 0.669. The first kappa shape index (κ1) is 18.1. The molecule has 2 aromatic rings. The van der Waals surface area contributed by atoms with Crippen LogP contribution in [0.4, 0.5) is 5.95 Å². The van der Waals surface area contributed by atoms with Crippen molar-refractivity contribution in [3.05, 3.63) is 35.2 Å². The SMILES string of the molecule is COc1nc(CNS(=O)(=O)c2cc(C)ccc2C)nc(N(C)C)n1. The van der Waals surface area contributed by atoms with Gasteiger partial charge in [-0.25, -0.2) is 13.1 Å². The second-order valence-electron chi connectivity index (χ2n) is 5.53. The number of hydrogen-bond donors (Lipinski definition) is 1. The van der Waals surface area contributed by atoms with Crippen molar-refractivity contribution in [3.8, 4) is 6.01 Å². The van der Waals surface area contributed by atoms with Crippen LogP contribution in [-0.4, -0.2) is 44.6 Å². The normalized spacial score (nSPS) is 11.4. The number of nitrogens with zero attached hydrogens (tertiary/aromatic N) is 4. The first-order valence-corrected chi connectivity index (χ1v) is 8.74. The van der Waals surface area contributed by atoms with Crippen molar-refractivity contribution < 1.29 is 13.2 Å². The molecule has 0 aliphatic carbocycles. The van der Waals surface area contributed by atoms with Crippen LogP contribution in [0.2, 0.25) is 0 Å². The summed E-state index contributed by atoms with van der Waals surface area (Å²) in [5, 5.41) is 0. The van der Waals surface area contributed by atoms with E-state index >= 15 is 0 Å². The number of aromatic nitrogens is 3. The van der Waals surface area contributed by atoms with E-state index in [1.165, 1.54) is 7.11 Å². The molecule has 0 spiro atoms. The summed E-state index contributed by atoms with van der Waals surface area (Å²) in [5.41, 5.74) is 1.55. The first-order valence-electron chi connectivity index (χ1n) is 7.26. The van der Waals surface area contributed by atoms with Gasteiger partial charge in [0.25, 0.3) is 0 Å². The van der Waals surface area contributed by atoms with Crippen molar-refractivity contribution in [3.63, 3.8) is 0 Å². The highest BCUT2D eigenvalue weighted by atomic mass is 32.2. The molecule has 0 saturated carbocycles. The maximum atomic E-state index is 12.5. The topological polar surface area (TPSA) is 97.3 Å². The zero-order chi connectivity index (χ0) is 17.9. The van der Waals surface area contributed by atoms with Gasteiger partial charge in [-0.15, -0.1) is 0 Å². The second kappa shape index (κ2) is 7.10. The fourth-order valence-electron chi connectivity index (χ4n) is 1.99. The maximum absolute atomic E-state index is 12.5. The lowest BCUT2D eigenvalue weighted by Crippen LogP contribution is -2.26. The number of anilines is 1. The molecular weight excluding hydrogens is 330 g/mol. The van der Waals surface area contributed by atoms with Crippen LogP contribution in [-0.2, 0) is 16.6 Å². The van der Waals surface area contributed by atoms with Crippen LogP contribution < -0.4 is 14.4 Å². The summed E-state index contributed by atoms with van der Waals surface area (Å²) in [4.78, 5) is 14.3. The van der Waals surface area contributed by atoms with Crippen LogP contribution in [0.5, 0.6) is 6.01 Å². The summed E-state index contributed by atoms with van der Waals surface area (Å²) in [7, 11) is 1.33.